The first-order chi connectivity index (χ1) is 14.4. The number of hydrogen-bond donors (Lipinski definition) is 1. The van der Waals surface area contributed by atoms with E-state index in [0.29, 0.717) is 30.8 Å². The van der Waals surface area contributed by atoms with Crippen molar-refractivity contribution in [2.24, 2.45) is 0 Å². The largest absolute Gasteiger partial charge is 0.477 e. The molecule has 0 spiro atoms. The Morgan fingerprint density at radius 1 is 1.10 bits per heavy atom. The monoisotopic (exact) mass is 409 g/mol. The number of hydrogen-bond acceptors (Lipinski definition) is 4. The summed E-state index contributed by atoms with van der Waals surface area (Å²) in [6.45, 7) is 5.22. The average Bonchev–Trinajstić information content (AvgIpc) is 2.73. The predicted molar refractivity (Wildman–Crippen MR) is 113 cm³/mol. The van der Waals surface area contributed by atoms with Crippen LogP contribution >= 0.6 is 0 Å². The number of piperidine rings is 1. The Bertz CT molecular complexity index is 1040. The van der Waals surface area contributed by atoms with Gasteiger partial charge < -0.3 is 10.0 Å². The van der Waals surface area contributed by atoms with E-state index in [0.717, 1.165) is 30.8 Å². The van der Waals surface area contributed by atoms with Gasteiger partial charge in [0, 0.05) is 38.4 Å². The predicted octanol–water partition coefficient (Wildman–Crippen LogP) is 2.43. The lowest BCUT2D eigenvalue weighted by molar-refractivity contribution is -0.129. The number of carboxylic acid groups (broad SMARTS) is 1. The zero-order valence-corrected chi connectivity index (χ0v) is 17.3. The Hall–Kier alpha value is -2.93. The smallest absolute Gasteiger partial charge is 0.341 e. The molecule has 30 heavy (non-hydrogen) atoms. The summed E-state index contributed by atoms with van der Waals surface area (Å²) in [6.07, 6.45) is 5.77. The number of fused-ring (bicyclic) bond motifs is 1. The van der Waals surface area contributed by atoms with Crippen molar-refractivity contribution in [1.82, 2.24) is 14.4 Å². The summed E-state index contributed by atoms with van der Waals surface area (Å²) in [5, 5.41) is 9.74. The SMILES string of the molecule is CC(=O)N1CCc2c(cn(-c3cccc(CN4CCCCC4)c3)c(=O)c2C(=O)O)C1. The second-order valence-corrected chi connectivity index (χ2v) is 8.19. The van der Waals surface area contributed by atoms with E-state index in [4.69, 9.17) is 0 Å². The molecule has 0 aliphatic carbocycles. The van der Waals surface area contributed by atoms with E-state index in [1.54, 1.807) is 11.1 Å². The summed E-state index contributed by atoms with van der Waals surface area (Å²) in [5.74, 6) is -1.27. The highest BCUT2D eigenvalue weighted by Crippen LogP contribution is 2.23. The number of aromatic carboxylic acids is 1. The van der Waals surface area contributed by atoms with Crippen molar-refractivity contribution in [3.8, 4) is 5.69 Å². The molecule has 1 fully saturated rings. The maximum absolute atomic E-state index is 13.1. The van der Waals surface area contributed by atoms with E-state index < -0.39 is 11.5 Å². The van der Waals surface area contributed by atoms with Crippen LogP contribution in [0.4, 0.5) is 0 Å². The Kier molecular flexibility index (Phi) is 5.72. The first-order valence-corrected chi connectivity index (χ1v) is 10.5. The van der Waals surface area contributed by atoms with Gasteiger partial charge in [0.05, 0.1) is 0 Å². The number of carbonyl (C=O) groups excluding carboxylic acids is 1. The molecule has 1 amide bonds. The van der Waals surface area contributed by atoms with E-state index in [2.05, 4.69) is 4.90 Å². The molecular formula is C23H27N3O4. The van der Waals surface area contributed by atoms with Crippen molar-refractivity contribution in [3.63, 3.8) is 0 Å². The van der Waals surface area contributed by atoms with Gasteiger partial charge in [-0.2, -0.15) is 0 Å². The van der Waals surface area contributed by atoms with Gasteiger partial charge in [0.1, 0.15) is 5.56 Å². The molecule has 0 unspecified atom stereocenters. The Balaban J connectivity index is 1.74. The number of nitrogens with zero attached hydrogens (tertiary/aromatic N) is 3. The van der Waals surface area contributed by atoms with Crippen LogP contribution in [0.2, 0.25) is 0 Å². The fourth-order valence-corrected chi connectivity index (χ4v) is 4.52. The van der Waals surface area contributed by atoms with Crippen LogP contribution in [0, 0.1) is 0 Å². The highest BCUT2D eigenvalue weighted by Gasteiger charge is 2.27. The molecule has 0 atom stereocenters. The van der Waals surface area contributed by atoms with Crippen molar-refractivity contribution >= 4 is 11.9 Å². The Morgan fingerprint density at radius 3 is 2.57 bits per heavy atom. The van der Waals surface area contributed by atoms with Crippen molar-refractivity contribution in [1.29, 1.82) is 0 Å². The summed E-state index contributed by atoms with van der Waals surface area (Å²) in [6, 6.07) is 7.73. The van der Waals surface area contributed by atoms with E-state index in [1.165, 1.54) is 30.8 Å². The quantitative estimate of drug-likeness (QED) is 0.839. The third-order valence-corrected chi connectivity index (χ3v) is 6.10. The van der Waals surface area contributed by atoms with Gasteiger partial charge >= 0.3 is 5.97 Å². The van der Waals surface area contributed by atoms with Gasteiger partial charge in [-0.1, -0.05) is 18.6 Å². The highest BCUT2D eigenvalue weighted by atomic mass is 16.4. The molecule has 158 valence electrons. The van der Waals surface area contributed by atoms with Gasteiger partial charge in [-0.05, 0) is 61.2 Å². The third-order valence-electron chi connectivity index (χ3n) is 6.10. The van der Waals surface area contributed by atoms with Gasteiger partial charge in [-0.15, -0.1) is 0 Å². The zero-order valence-electron chi connectivity index (χ0n) is 17.3. The standard InChI is InChI=1S/C23H27N3O4/c1-16(27)25-11-8-20-18(14-25)15-26(22(28)21(20)23(29)30)19-7-5-6-17(12-19)13-24-9-3-2-4-10-24/h5-7,12,15H,2-4,8-11,13-14H2,1H3,(H,29,30). The summed E-state index contributed by atoms with van der Waals surface area (Å²) in [7, 11) is 0. The maximum atomic E-state index is 13.1. The molecule has 1 aromatic heterocycles. The van der Waals surface area contributed by atoms with E-state index in [-0.39, 0.29) is 11.5 Å². The molecule has 3 heterocycles. The molecule has 1 N–H and O–H groups in total. The lowest BCUT2D eigenvalue weighted by Gasteiger charge is -2.29. The van der Waals surface area contributed by atoms with Gasteiger partial charge in [0.2, 0.25) is 5.91 Å². The highest BCUT2D eigenvalue weighted by molar-refractivity contribution is 5.89. The molecule has 1 saturated heterocycles. The first kappa shape index (κ1) is 20.3. The van der Waals surface area contributed by atoms with Gasteiger partial charge in [0.15, 0.2) is 0 Å². The minimum Gasteiger partial charge on any atom is -0.477 e. The molecular weight excluding hydrogens is 382 g/mol. The molecule has 0 radical (unpaired) electrons. The molecule has 7 nitrogen and oxygen atoms in total. The Labute approximate surface area is 175 Å². The number of likely N-dealkylation sites (tertiary alicyclic amines) is 1. The number of aromatic nitrogens is 1. The number of carbonyl (C=O) groups is 2. The number of rotatable bonds is 4. The van der Waals surface area contributed by atoms with Crippen molar-refractivity contribution in [3.05, 3.63) is 63.1 Å². The van der Waals surface area contributed by atoms with Crippen molar-refractivity contribution in [2.75, 3.05) is 19.6 Å². The van der Waals surface area contributed by atoms with E-state index >= 15 is 0 Å². The summed E-state index contributed by atoms with van der Waals surface area (Å²) >= 11 is 0. The van der Waals surface area contributed by atoms with Crippen LogP contribution in [0.5, 0.6) is 0 Å². The fraction of sp³-hybridized carbons (Fsp3) is 0.435. The number of benzene rings is 1. The minimum atomic E-state index is -1.22. The lowest BCUT2D eigenvalue weighted by Crippen LogP contribution is -2.38. The van der Waals surface area contributed by atoms with E-state index in [1.807, 2.05) is 24.3 Å². The second kappa shape index (κ2) is 8.44. The first-order valence-electron chi connectivity index (χ1n) is 10.5. The van der Waals surface area contributed by atoms with Crippen LogP contribution < -0.4 is 5.56 Å². The fourth-order valence-electron chi connectivity index (χ4n) is 4.52. The molecule has 0 bridgehead atoms. The molecule has 2 aliphatic rings. The van der Waals surface area contributed by atoms with Gasteiger partial charge in [-0.3, -0.25) is 19.1 Å². The van der Waals surface area contributed by atoms with Crippen LogP contribution in [0.3, 0.4) is 0 Å². The number of pyridine rings is 1. The molecule has 2 aliphatic heterocycles. The van der Waals surface area contributed by atoms with Gasteiger partial charge in [-0.25, -0.2) is 4.79 Å². The van der Waals surface area contributed by atoms with Crippen molar-refractivity contribution in [2.45, 2.75) is 45.7 Å². The van der Waals surface area contributed by atoms with Crippen LogP contribution in [0.25, 0.3) is 5.69 Å². The van der Waals surface area contributed by atoms with Crippen LogP contribution in [0.1, 0.15) is 53.2 Å². The summed E-state index contributed by atoms with van der Waals surface area (Å²) in [4.78, 5) is 40.9. The number of amides is 1. The molecule has 2 aromatic rings. The van der Waals surface area contributed by atoms with Crippen LogP contribution in [-0.2, 0) is 24.3 Å². The molecule has 4 rings (SSSR count). The maximum Gasteiger partial charge on any atom is 0.341 e. The Morgan fingerprint density at radius 2 is 1.87 bits per heavy atom. The average molecular weight is 409 g/mol. The zero-order chi connectivity index (χ0) is 21.3. The molecule has 0 saturated carbocycles. The van der Waals surface area contributed by atoms with E-state index in [9.17, 15) is 19.5 Å². The summed E-state index contributed by atoms with van der Waals surface area (Å²) in [5.41, 5.74) is 2.31. The van der Waals surface area contributed by atoms with Crippen LogP contribution in [0.15, 0.2) is 35.3 Å². The number of carboxylic acids is 1. The third kappa shape index (κ3) is 4.03. The molecule has 7 heteroatoms. The second-order valence-electron chi connectivity index (χ2n) is 8.19. The minimum absolute atomic E-state index is 0.0567. The normalized spacial score (nSPS) is 16.9. The van der Waals surface area contributed by atoms with Crippen LogP contribution in [-0.4, -0.2) is 51.0 Å². The van der Waals surface area contributed by atoms with Gasteiger partial charge in [0.25, 0.3) is 5.56 Å². The summed E-state index contributed by atoms with van der Waals surface area (Å²) < 4.78 is 1.42. The van der Waals surface area contributed by atoms with Crippen molar-refractivity contribution < 1.29 is 14.7 Å². The lowest BCUT2D eigenvalue weighted by atomic mass is 9.96. The topological polar surface area (TPSA) is 82.9 Å². The molecule has 1 aromatic carbocycles.